The van der Waals surface area contributed by atoms with Crippen LogP contribution in [0.3, 0.4) is 0 Å². The number of alkyl halides is 3. The molecule has 206 valence electrons. The normalized spacial score (nSPS) is 20.2. The van der Waals surface area contributed by atoms with Gasteiger partial charge in [-0.1, -0.05) is 18.2 Å². The molecule has 3 aromatic rings. The van der Waals surface area contributed by atoms with E-state index in [0.717, 1.165) is 23.8 Å². The molecule has 9 nitrogen and oxygen atoms in total. The number of amides is 1. The molecule has 6 rings (SSSR count). The van der Waals surface area contributed by atoms with Gasteiger partial charge in [-0.05, 0) is 37.0 Å². The van der Waals surface area contributed by atoms with E-state index in [1.807, 2.05) is 0 Å². The van der Waals surface area contributed by atoms with Crippen molar-refractivity contribution in [3.8, 4) is 11.1 Å². The molecular weight excluding hydrogens is 515 g/mol. The van der Waals surface area contributed by atoms with E-state index in [-0.39, 0.29) is 35.5 Å². The van der Waals surface area contributed by atoms with E-state index in [4.69, 9.17) is 9.47 Å². The Balaban J connectivity index is 1.45. The van der Waals surface area contributed by atoms with Gasteiger partial charge >= 0.3 is 6.18 Å². The number of hydrogen-bond acceptors (Lipinski definition) is 7. The third kappa shape index (κ3) is 4.99. The molecule has 12 heteroatoms. The number of carbonyl (C=O) groups is 1. The van der Waals surface area contributed by atoms with Gasteiger partial charge < -0.3 is 19.8 Å². The van der Waals surface area contributed by atoms with E-state index in [1.165, 1.54) is 12.3 Å². The average Bonchev–Trinajstić information content (AvgIpc) is 3.41. The highest BCUT2D eigenvalue weighted by Gasteiger charge is 2.35. The number of halogens is 3. The van der Waals surface area contributed by atoms with E-state index < -0.39 is 18.3 Å². The SMILES string of the molecule is O=C(c1ncccc1-c1ccc2c3c(c(=O)n(CC(F)(F)F)c2c1)CN(C1CCCCO1)N3)N1CCOCC1. The van der Waals surface area contributed by atoms with Gasteiger partial charge in [-0.3, -0.25) is 19.1 Å². The van der Waals surface area contributed by atoms with Gasteiger partial charge in [0.2, 0.25) is 0 Å². The minimum atomic E-state index is -4.61. The highest BCUT2D eigenvalue weighted by molar-refractivity contribution is 6.01. The van der Waals surface area contributed by atoms with E-state index in [0.29, 0.717) is 55.1 Å². The number of morpholine rings is 1. The quantitative estimate of drug-likeness (QED) is 0.536. The lowest BCUT2D eigenvalue weighted by atomic mass is 9.99. The summed E-state index contributed by atoms with van der Waals surface area (Å²) in [5, 5.41) is 2.28. The number of ether oxygens (including phenoxy) is 2. The zero-order valence-electron chi connectivity index (χ0n) is 21.2. The van der Waals surface area contributed by atoms with Crippen LogP contribution in [0.15, 0.2) is 41.3 Å². The molecule has 2 saturated heterocycles. The fourth-order valence-electron chi connectivity index (χ4n) is 5.51. The monoisotopic (exact) mass is 543 g/mol. The van der Waals surface area contributed by atoms with Crippen molar-refractivity contribution in [3.05, 3.63) is 58.1 Å². The molecular formula is C27H28F3N5O4. The Morgan fingerprint density at radius 2 is 1.95 bits per heavy atom. The van der Waals surface area contributed by atoms with Gasteiger partial charge in [0, 0.05) is 36.8 Å². The van der Waals surface area contributed by atoms with Crippen molar-refractivity contribution >= 4 is 22.5 Å². The number of hydrazine groups is 1. The first-order chi connectivity index (χ1) is 18.8. The maximum Gasteiger partial charge on any atom is 0.406 e. The predicted octanol–water partition coefficient (Wildman–Crippen LogP) is 3.77. The Bertz CT molecular complexity index is 1460. The van der Waals surface area contributed by atoms with Gasteiger partial charge in [-0.15, -0.1) is 0 Å². The van der Waals surface area contributed by atoms with Gasteiger partial charge in [0.15, 0.2) is 0 Å². The molecule has 5 heterocycles. The molecule has 1 N–H and O–H groups in total. The second-order valence-electron chi connectivity index (χ2n) is 9.96. The Kier molecular flexibility index (Phi) is 6.77. The summed E-state index contributed by atoms with van der Waals surface area (Å²) in [5.41, 5.74) is 4.60. The molecule has 0 spiro atoms. The Morgan fingerprint density at radius 1 is 1.13 bits per heavy atom. The average molecular weight is 544 g/mol. The van der Waals surface area contributed by atoms with Gasteiger partial charge in [-0.25, -0.2) is 0 Å². The number of rotatable bonds is 4. The van der Waals surface area contributed by atoms with Crippen LogP contribution in [0.5, 0.6) is 0 Å². The van der Waals surface area contributed by atoms with Gasteiger partial charge in [0.05, 0.1) is 36.5 Å². The first-order valence-corrected chi connectivity index (χ1v) is 13.0. The van der Waals surface area contributed by atoms with Gasteiger partial charge in [0.25, 0.3) is 11.5 Å². The van der Waals surface area contributed by atoms with Crippen LogP contribution in [0.2, 0.25) is 0 Å². The zero-order chi connectivity index (χ0) is 27.1. The number of benzene rings is 1. The summed E-state index contributed by atoms with van der Waals surface area (Å²) < 4.78 is 53.0. The van der Waals surface area contributed by atoms with Crippen molar-refractivity contribution in [2.45, 2.75) is 44.8 Å². The van der Waals surface area contributed by atoms with Crippen molar-refractivity contribution in [1.29, 1.82) is 0 Å². The molecule has 3 aliphatic heterocycles. The zero-order valence-corrected chi connectivity index (χ0v) is 21.2. The van der Waals surface area contributed by atoms with Crippen LogP contribution in [0.1, 0.15) is 35.3 Å². The molecule has 0 aliphatic carbocycles. The molecule has 0 saturated carbocycles. The van der Waals surface area contributed by atoms with Crippen LogP contribution in [0.4, 0.5) is 18.9 Å². The molecule has 1 atom stereocenters. The van der Waals surface area contributed by atoms with E-state index >= 15 is 0 Å². The van der Waals surface area contributed by atoms with Crippen molar-refractivity contribution in [1.82, 2.24) is 19.5 Å². The summed E-state index contributed by atoms with van der Waals surface area (Å²) in [5.74, 6) is -0.277. The van der Waals surface area contributed by atoms with Crippen molar-refractivity contribution in [2.75, 3.05) is 38.3 Å². The molecule has 1 unspecified atom stereocenters. The summed E-state index contributed by atoms with van der Waals surface area (Å²) in [7, 11) is 0. The lowest BCUT2D eigenvalue weighted by Crippen LogP contribution is -2.41. The highest BCUT2D eigenvalue weighted by Crippen LogP contribution is 2.36. The molecule has 0 radical (unpaired) electrons. The van der Waals surface area contributed by atoms with Crippen LogP contribution in [0, 0.1) is 0 Å². The van der Waals surface area contributed by atoms with Gasteiger partial charge in [0.1, 0.15) is 18.5 Å². The Labute approximate surface area is 222 Å². The Hall–Kier alpha value is -3.48. The molecule has 3 aliphatic rings. The molecule has 1 aromatic carbocycles. The van der Waals surface area contributed by atoms with E-state index in [1.54, 1.807) is 34.2 Å². The molecule has 39 heavy (non-hydrogen) atoms. The van der Waals surface area contributed by atoms with Gasteiger partial charge in [-0.2, -0.15) is 18.2 Å². The maximum atomic E-state index is 13.7. The minimum Gasteiger partial charge on any atom is -0.378 e. The van der Waals surface area contributed by atoms with Crippen LogP contribution >= 0.6 is 0 Å². The Morgan fingerprint density at radius 3 is 2.69 bits per heavy atom. The number of fused-ring (bicyclic) bond motifs is 3. The second-order valence-corrected chi connectivity index (χ2v) is 9.96. The lowest BCUT2D eigenvalue weighted by Gasteiger charge is -2.30. The molecule has 2 fully saturated rings. The first kappa shape index (κ1) is 25.8. The number of nitrogens with one attached hydrogen (secondary N) is 1. The van der Waals surface area contributed by atoms with Crippen LogP contribution in [-0.4, -0.2) is 70.7 Å². The number of hydrogen-bond donors (Lipinski definition) is 1. The minimum absolute atomic E-state index is 0.126. The predicted molar refractivity (Wildman–Crippen MR) is 137 cm³/mol. The van der Waals surface area contributed by atoms with E-state index in [2.05, 4.69) is 10.4 Å². The third-order valence-electron chi connectivity index (χ3n) is 7.41. The summed E-state index contributed by atoms with van der Waals surface area (Å²) in [6, 6.07) is 8.37. The standard InChI is InChI=1S/C27H28F3N5O4/c28-27(29,30)16-34-21-14-17(18-4-3-8-31-24(18)26(37)33-9-12-38-13-10-33)6-7-19(21)23-20(25(34)36)15-35(32-23)22-5-1-2-11-39-22/h3-4,6-8,14,22,32H,1-2,5,9-13,15-16H2. The first-order valence-electron chi connectivity index (χ1n) is 13.0. The lowest BCUT2D eigenvalue weighted by molar-refractivity contribution is -0.140. The smallest absolute Gasteiger partial charge is 0.378 e. The molecule has 2 aromatic heterocycles. The summed E-state index contributed by atoms with van der Waals surface area (Å²) in [6.45, 7) is 1.02. The highest BCUT2D eigenvalue weighted by atomic mass is 19.4. The fraction of sp³-hybridized carbons (Fsp3) is 0.444. The number of pyridine rings is 2. The largest absolute Gasteiger partial charge is 0.406 e. The third-order valence-corrected chi connectivity index (χ3v) is 7.41. The summed E-state index contributed by atoms with van der Waals surface area (Å²) in [4.78, 5) is 32.7. The second kappa shape index (κ2) is 10.2. The summed E-state index contributed by atoms with van der Waals surface area (Å²) >= 11 is 0. The number of nitrogens with zero attached hydrogens (tertiary/aromatic N) is 4. The number of carbonyl (C=O) groups excluding carboxylic acids is 1. The molecule has 1 amide bonds. The summed E-state index contributed by atoms with van der Waals surface area (Å²) in [6.07, 6.45) is -0.674. The van der Waals surface area contributed by atoms with Crippen LogP contribution < -0.4 is 11.0 Å². The number of aromatic nitrogens is 2. The van der Waals surface area contributed by atoms with Crippen LogP contribution in [-0.2, 0) is 22.6 Å². The van der Waals surface area contributed by atoms with Crippen LogP contribution in [0.25, 0.3) is 22.0 Å². The maximum absolute atomic E-state index is 13.7. The fourth-order valence-corrected chi connectivity index (χ4v) is 5.51. The number of anilines is 1. The van der Waals surface area contributed by atoms with Crippen molar-refractivity contribution in [3.63, 3.8) is 0 Å². The van der Waals surface area contributed by atoms with Crippen molar-refractivity contribution < 1.29 is 27.4 Å². The topological polar surface area (TPSA) is 88.9 Å². The van der Waals surface area contributed by atoms with E-state index in [9.17, 15) is 22.8 Å². The molecule has 0 bridgehead atoms. The van der Waals surface area contributed by atoms with Crippen molar-refractivity contribution in [2.24, 2.45) is 0 Å².